The molecule has 0 aliphatic heterocycles. The average Bonchev–Trinajstić information content (AvgIpc) is 2.44. The number of halogens is 3. The quantitative estimate of drug-likeness (QED) is 0.785. The van der Waals surface area contributed by atoms with E-state index in [0.29, 0.717) is 23.6 Å². The molecule has 5 heteroatoms. The van der Waals surface area contributed by atoms with Crippen molar-refractivity contribution in [1.29, 1.82) is 0 Å². The maximum Gasteiger partial charge on any atom is 0.145 e. The van der Waals surface area contributed by atoms with Gasteiger partial charge in [-0.3, -0.25) is 0 Å². The van der Waals surface area contributed by atoms with E-state index < -0.39 is 0 Å². The topological polar surface area (TPSA) is 21.3 Å². The molecule has 0 radical (unpaired) electrons. The second kappa shape index (κ2) is 6.89. The second-order valence-corrected chi connectivity index (χ2v) is 5.52. The van der Waals surface area contributed by atoms with E-state index in [1.54, 1.807) is 18.2 Å². The van der Waals surface area contributed by atoms with Crippen LogP contribution in [0.15, 0.2) is 40.9 Å². The third kappa shape index (κ3) is 3.94. The minimum atomic E-state index is -0.370. The van der Waals surface area contributed by atoms with Crippen molar-refractivity contribution in [3.8, 4) is 5.75 Å². The van der Waals surface area contributed by atoms with Crippen LogP contribution in [0.1, 0.15) is 25.5 Å². The molecule has 21 heavy (non-hydrogen) atoms. The summed E-state index contributed by atoms with van der Waals surface area (Å²) < 4.78 is 33.4. The lowest BCUT2D eigenvalue weighted by atomic mass is 10.1. The SMILES string of the molecule is CCOc1cc(F)ccc1NC(C)c1cc(Br)ccc1F. The molecule has 2 nitrogen and oxygen atoms in total. The third-order valence-corrected chi connectivity index (χ3v) is 3.53. The molecule has 2 aromatic rings. The van der Waals surface area contributed by atoms with E-state index >= 15 is 0 Å². The van der Waals surface area contributed by atoms with Crippen LogP contribution in [0, 0.1) is 11.6 Å². The van der Waals surface area contributed by atoms with Crippen LogP contribution >= 0.6 is 15.9 Å². The highest BCUT2D eigenvalue weighted by Crippen LogP contribution is 2.30. The highest BCUT2D eigenvalue weighted by atomic mass is 79.9. The van der Waals surface area contributed by atoms with Gasteiger partial charge in [-0.05, 0) is 44.2 Å². The van der Waals surface area contributed by atoms with Gasteiger partial charge in [-0.25, -0.2) is 8.78 Å². The van der Waals surface area contributed by atoms with Gasteiger partial charge in [-0.15, -0.1) is 0 Å². The molecule has 0 aliphatic carbocycles. The standard InChI is InChI=1S/C16H16BrF2NO/c1-3-21-16-9-12(18)5-7-15(16)20-10(2)13-8-11(17)4-6-14(13)19/h4-10,20H,3H2,1-2H3. The Hall–Kier alpha value is -1.62. The maximum atomic E-state index is 13.9. The first-order valence-electron chi connectivity index (χ1n) is 6.65. The normalized spacial score (nSPS) is 12.0. The largest absolute Gasteiger partial charge is 0.492 e. The van der Waals surface area contributed by atoms with Crippen LogP contribution < -0.4 is 10.1 Å². The van der Waals surface area contributed by atoms with Crippen LogP contribution in [0.2, 0.25) is 0 Å². The van der Waals surface area contributed by atoms with Gasteiger partial charge in [0.25, 0.3) is 0 Å². The minimum absolute atomic E-state index is 0.285. The molecular weight excluding hydrogens is 340 g/mol. The molecule has 0 aromatic heterocycles. The highest BCUT2D eigenvalue weighted by molar-refractivity contribution is 9.10. The fraction of sp³-hybridized carbons (Fsp3) is 0.250. The van der Waals surface area contributed by atoms with Crippen molar-refractivity contribution in [2.45, 2.75) is 19.9 Å². The van der Waals surface area contributed by atoms with Crippen molar-refractivity contribution >= 4 is 21.6 Å². The molecule has 0 amide bonds. The van der Waals surface area contributed by atoms with E-state index in [4.69, 9.17) is 4.74 Å². The highest BCUT2D eigenvalue weighted by Gasteiger charge is 2.14. The van der Waals surface area contributed by atoms with Gasteiger partial charge in [0.15, 0.2) is 0 Å². The molecule has 0 heterocycles. The first-order valence-corrected chi connectivity index (χ1v) is 7.44. The van der Waals surface area contributed by atoms with Crippen LogP contribution in [-0.2, 0) is 0 Å². The zero-order chi connectivity index (χ0) is 15.4. The number of benzene rings is 2. The number of hydrogen-bond donors (Lipinski definition) is 1. The average molecular weight is 356 g/mol. The molecule has 1 atom stereocenters. The molecule has 0 saturated carbocycles. The van der Waals surface area contributed by atoms with Gasteiger partial charge in [0.05, 0.1) is 18.3 Å². The first-order chi connectivity index (χ1) is 10.0. The van der Waals surface area contributed by atoms with Gasteiger partial charge in [0.1, 0.15) is 17.4 Å². The molecule has 112 valence electrons. The molecule has 0 saturated heterocycles. The lowest BCUT2D eigenvalue weighted by molar-refractivity contribution is 0.339. The van der Waals surface area contributed by atoms with E-state index in [1.807, 2.05) is 13.8 Å². The zero-order valence-electron chi connectivity index (χ0n) is 11.8. The van der Waals surface area contributed by atoms with Crippen molar-refractivity contribution in [2.75, 3.05) is 11.9 Å². The molecule has 0 bridgehead atoms. The molecule has 1 unspecified atom stereocenters. The van der Waals surface area contributed by atoms with Crippen LogP contribution in [0.25, 0.3) is 0 Å². The Morgan fingerprint density at radius 1 is 1.19 bits per heavy atom. The summed E-state index contributed by atoms with van der Waals surface area (Å²) in [6.07, 6.45) is 0. The predicted molar refractivity (Wildman–Crippen MR) is 83.7 cm³/mol. The zero-order valence-corrected chi connectivity index (χ0v) is 13.4. The summed E-state index contributed by atoms with van der Waals surface area (Å²) in [5, 5.41) is 3.15. The molecule has 0 spiro atoms. The Morgan fingerprint density at radius 2 is 1.95 bits per heavy atom. The fourth-order valence-electron chi connectivity index (χ4n) is 2.05. The van der Waals surface area contributed by atoms with Crippen LogP contribution in [0.4, 0.5) is 14.5 Å². The molecule has 1 N–H and O–H groups in total. The smallest absolute Gasteiger partial charge is 0.145 e. The monoisotopic (exact) mass is 355 g/mol. The molecule has 2 aromatic carbocycles. The summed E-state index contributed by atoms with van der Waals surface area (Å²) in [5.41, 5.74) is 1.15. The summed E-state index contributed by atoms with van der Waals surface area (Å²) in [5.74, 6) is -0.247. The van der Waals surface area contributed by atoms with Crippen molar-refractivity contribution in [2.24, 2.45) is 0 Å². The Morgan fingerprint density at radius 3 is 2.67 bits per heavy atom. The minimum Gasteiger partial charge on any atom is -0.492 e. The first kappa shape index (κ1) is 15.8. The van der Waals surface area contributed by atoms with Crippen LogP contribution in [-0.4, -0.2) is 6.61 Å². The summed E-state index contributed by atoms with van der Waals surface area (Å²) in [6.45, 7) is 4.09. The van der Waals surface area contributed by atoms with Crippen molar-refractivity contribution in [1.82, 2.24) is 0 Å². The second-order valence-electron chi connectivity index (χ2n) is 4.61. The Kier molecular flexibility index (Phi) is 5.17. The van der Waals surface area contributed by atoms with Gasteiger partial charge in [0, 0.05) is 16.1 Å². The number of nitrogens with one attached hydrogen (secondary N) is 1. The number of ether oxygens (including phenoxy) is 1. The van der Waals surface area contributed by atoms with E-state index in [0.717, 1.165) is 4.47 Å². The van der Waals surface area contributed by atoms with Gasteiger partial charge < -0.3 is 10.1 Å². The van der Waals surface area contributed by atoms with Crippen molar-refractivity contribution < 1.29 is 13.5 Å². The van der Waals surface area contributed by atoms with Gasteiger partial charge in [-0.2, -0.15) is 0 Å². The van der Waals surface area contributed by atoms with E-state index in [-0.39, 0.29) is 17.7 Å². The predicted octanol–water partition coefficient (Wildman–Crippen LogP) is 5.30. The summed E-state index contributed by atoms with van der Waals surface area (Å²) in [6, 6.07) is 8.74. The Bertz CT molecular complexity index is 634. The summed E-state index contributed by atoms with van der Waals surface area (Å²) in [4.78, 5) is 0. The van der Waals surface area contributed by atoms with Crippen LogP contribution in [0.3, 0.4) is 0 Å². The van der Waals surface area contributed by atoms with E-state index in [2.05, 4.69) is 21.2 Å². The summed E-state index contributed by atoms with van der Waals surface area (Å²) in [7, 11) is 0. The van der Waals surface area contributed by atoms with E-state index in [9.17, 15) is 8.78 Å². The lowest BCUT2D eigenvalue weighted by Gasteiger charge is -2.19. The number of anilines is 1. The number of hydrogen-bond acceptors (Lipinski definition) is 2. The number of rotatable bonds is 5. The third-order valence-electron chi connectivity index (χ3n) is 3.04. The molecular formula is C16H16BrF2NO. The molecule has 2 rings (SSSR count). The Balaban J connectivity index is 2.26. The lowest BCUT2D eigenvalue weighted by Crippen LogP contribution is -2.10. The van der Waals surface area contributed by atoms with Gasteiger partial charge in [0.2, 0.25) is 0 Å². The fourth-order valence-corrected chi connectivity index (χ4v) is 2.43. The van der Waals surface area contributed by atoms with Gasteiger partial charge >= 0.3 is 0 Å². The summed E-state index contributed by atoms with van der Waals surface area (Å²) >= 11 is 3.33. The van der Waals surface area contributed by atoms with Crippen molar-refractivity contribution in [3.05, 3.63) is 58.1 Å². The van der Waals surface area contributed by atoms with Gasteiger partial charge in [-0.1, -0.05) is 15.9 Å². The molecule has 0 fully saturated rings. The van der Waals surface area contributed by atoms with E-state index in [1.165, 1.54) is 18.2 Å². The van der Waals surface area contributed by atoms with Crippen molar-refractivity contribution in [3.63, 3.8) is 0 Å². The molecule has 0 aliphatic rings. The Labute approximate surface area is 131 Å². The van der Waals surface area contributed by atoms with Crippen LogP contribution in [0.5, 0.6) is 5.75 Å². The maximum absolute atomic E-state index is 13.9.